The standard InChI is InChI=1S/C6H6F2O/c7-4-1-2-6(9)5(8)3-4/h1-2,5,9H,3H2. The minimum atomic E-state index is -1.55. The molecule has 1 aliphatic carbocycles. The zero-order valence-corrected chi connectivity index (χ0v) is 4.64. The van der Waals surface area contributed by atoms with Gasteiger partial charge in [0.05, 0.1) is 0 Å². The summed E-state index contributed by atoms with van der Waals surface area (Å²) in [5.41, 5.74) is 0. The highest BCUT2D eigenvalue weighted by Crippen LogP contribution is 2.20. The van der Waals surface area contributed by atoms with Crippen molar-refractivity contribution in [2.24, 2.45) is 0 Å². The molecule has 0 saturated carbocycles. The summed E-state index contributed by atoms with van der Waals surface area (Å²) in [7, 11) is 0. The van der Waals surface area contributed by atoms with Crippen LogP contribution in [0.25, 0.3) is 0 Å². The van der Waals surface area contributed by atoms with Gasteiger partial charge in [0.1, 0.15) is 11.6 Å². The quantitative estimate of drug-likeness (QED) is 0.534. The van der Waals surface area contributed by atoms with Crippen molar-refractivity contribution in [2.75, 3.05) is 0 Å². The molecule has 0 radical (unpaired) electrons. The average Bonchev–Trinajstić information content (AvgIpc) is 1.80. The van der Waals surface area contributed by atoms with E-state index >= 15 is 0 Å². The molecule has 1 unspecified atom stereocenters. The molecule has 0 aromatic rings. The fourth-order valence-corrected chi connectivity index (χ4v) is 0.624. The van der Waals surface area contributed by atoms with E-state index in [-0.39, 0.29) is 6.42 Å². The third kappa shape index (κ3) is 1.28. The average molecular weight is 132 g/mol. The first kappa shape index (κ1) is 6.26. The van der Waals surface area contributed by atoms with Crippen LogP contribution in [0.3, 0.4) is 0 Å². The Hall–Kier alpha value is -0.860. The highest BCUT2D eigenvalue weighted by Gasteiger charge is 2.16. The van der Waals surface area contributed by atoms with E-state index in [1.807, 2.05) is 0 Å². The van der Waals surface area contributed by atoms with Crippen molar-refractivity contribution < 1.29 is 13.9 Å². The van der Waals surface area contributed by atoms with Crippen molar-refractivity contribution >= 4 is 0 Å². The van der Waals surface area contributed by atoms with Crippen LogP contribution in [-0.4, -0.2) is 11.3 Å². The second-order valence-corrected chi connectivity index (χ2v) is 1.88. The molecule has 0 spiro atoms. The van der Waals surface area contributed by atoms with Gasteiger partial charge in [-0.1, -0.05) is 0 Å². The lowest BCUT2D eigenvalue weighted by Crippen LogP contribution is -2.06. The lowest BCUT2D eigenvalue weighted by Gasteiger charge is -2.08. The Bertz CT molecular complexity index is 172. The molecule has 1 rings (SSSR count). The van der Waals surface area contributed by atoms with E-state index in [0.29, 0.717) is 0 Å². The van der Waals surface area contributed by atoms with Gasteiger partial charge in [0.2, 0.25) is 0 Å². The first-order chi connectivity index (χ1) is 4.20. The summed E-state index contributed by atoms with van der Waals surface area (Å²) in [4.78, 5) is 0. The Labute approximate surface area is 51.3 Å². The van der Waals surface area contributed by atoms with Crippen LogP contribution in [0, 0.1) is 0 Å². The molecular weight excluding hydrogens is 126 g/mol. The van der Waals surface area contributed by atoms with Crippen molar-refractivity contribution in [1.29, 1.82) is 0 Å². The molecule has 1 aliphatic rings. The third-order valence-corrected chi connectivity index (χ3v) is 1.13. The van der Waals surface area contributed by atoms with Crippen molar-refractivity contribution in [3.8, 4) is 0 Å². The van der Waals surface area contributed by atoms with Crippen LogP contribution in [0.4, 0.5) is 8.78 Å². The summed E-state index contributed by atoms with van der Waals surface area (Å²) in [6.45, 7) is 0. The van der Waals surface area contributed by atoms with Crippen LogP contribution in [0.5, 0.6) is 0 Å². The number of alkyl halides is 1. The molecule has 3 heteroatoms. The molecule has 9 heavy (non-hydrogen) atoms. The van der Waals surface area contributed by atoms with Gasteiger partial charge < -0.3 is 5.11 Å². The first-order valence-electron chi connectivity index (χ1n) is 2.59. The van der Waals surface area contributed by atoms with Crippen LogP contribution in [0.15, 0.2) is 23.7 Å². The van der Waals surface area contributed by atoms with E-state index in [9.17, 15) is 8.78 Å². The largest absolute Gasteiger partial charge is 0.509 e. The molecule has 0 aromatic carbocycles. The van der Waals surface area contributed by atoms with Gasteiger partial charge in [-0.15, -0.1) is 0 Å². The Morgan fingerprint density at radius 3 is 2.67 bits per heavy atom. The van der Waals surface area contributed by atoms with Crippen LogP contribution >= 0.6 is 0 Å². The van der Waals surface area contributed by atoms with Gasteiger partial charge in [0.25, 0.3) is 0 Å². The number of allylic oxidation sites excluding steroid dienone is 4. The van der Waals surface area contributed by atoms with Gasteiger partial charge in [0, 0.05) is 6.42 Å². The molecular formula is C6H6F2O. The lowest BCUT2D eigenvalue weighted by molar-refractivity contribution is 0.246. The van der Waals surface area contributed by atoms with Crippen LogP contribution < -0.4 is 0 Å². The number of aliphatic hydroxyl groups excluding tert-OH is 1. The Morgan fingerprint density at radius 2 is 2.22 bits per heavy atom. The molecule has 0 saturated heterocycles. The summed E-state index contributed by atoms with van der Waals surface area (Å²) in [6, 6.07) is 0. The molecule has 1 nitrogen and oxygen atoms in total. The van der Waals surface area contributed by atoms with E-state index in [2.05, 4.69) is 0 Å². The van der Waals surface area contributed by atoms with E-state index < -0.39 is 17.8 Å². The number of halogens is 2. The normalized spacial score (nSPS) is 27.1. The predicted molar refractivity (Wildman–Crippen MR) is 29.4 cm³/mol. The van der Waals surface area contributed by atoms with Gasteiger partial charge in [0.15, 0.2) is 6.17 Å². The summed E-state index contributed by atoms with van der Waals surface area (Å²) in [5, 5.41) is 8.57. The molecule has 0 amide bonds. The minimum Gasteiger partial charge on any atom is -0.509 e. The third-order valence-electron chi connectivity index (χ3n) is 1.13. The summed E-state index contributed by atoms with van der Waals surface area (Å²) in [6.07, 6.45) is 0.215. The lowest BCUT2D eigenvalue weighted by atomic mass is 10.1. The van der Waals surface area contributed by atoms with Gasteiger partial charge in [-0.2, -0.15) is 0 Å². The smallest absolute Gasteiger partial charge is 0.163 e. The Kier molecular flexibility index (Phi) is 1.51. The van der Waals surface area contributed by atoms with Crippen molar-refractivity contribution in [3.63, 3.8) is 0 Å². The van der Waals surface area contributed by atoms with Gasteiger partial charge in [-0.05, 0) is 12.2 Å². The first-order valence-corrected chi connectivity index (χ1v) is 2.59. The maximum Gasteiger partial charge on any atom is 0.163 e. The summed E-state index contributed by atoms with van der Waals surface area (Å²) < 4.78 is 24.3. The molecule has 0 aliphatic heterocycles. The molecule has 0 fully saturated rings. The molecule has 0 heterocycles. The number of hydrogen-bond donors (Lipinski definition) is 1. The summed E-state index contributed by atoms with van der Waals surface area (Å²) >= 11 is 0. The fraction of sp³-hybridized carbons (Fsp3) is 0.333. The predicted octanol–water partition coefficient (Wildman–Crippen LogP) is 2.02. The molecule has 50 valence electrons. The highest BCUT2D eigenvalue weighted by molar-refractivity contribution is 5.19. The van der Waals surface area contributed by atoms with Gasteiger partial charge >= 0.3 is 0 Å². The van der Waals surface area contributed by atoms with Crippen LogP contribution in [-0.2, 0) is 0 Å². The van der Waals surface area contributed by atoms with E-state index in [1.54, 1.807) is 0 Å². The van der Waals surface area contributed by atoms with E-state index in [0.717, 1.165) is 12.2 Å². The molecule has 0 bridgehead atoms. The maximum atomic E-state index is 12.2. The van der Waals surface area contributed by atoms with Gasteiger partial charge in [-0.25, -0.2) is 8.78 Å². The van der Waals surface area contributed by atoms with Crippen LogP contribution in [0.1, 0.15) is 6.42 Å². The van der Waals surface area contributed by atoms with Gasteiger partial charge in [-0.3, -0.25) is 0 Å². The monoisotopic (exact) mass is 132 g/mol. The maximum absolute atomic E-state index is 12.2. The second kappa shape index (κ2) is 2.17. The van der Waals surface area contributed by atoms with Crippen molar-refractivity contribution in [3.05, 3.63) is 23.7 Å². The van der Waals surface area contributed by atoms with Crippen molar-refractivity contribution in [2.45, 2.75) is 12.6 Å². The number of rotatable bonds is 0. The number of aliphatic hydroxyl groups is 1. The SMILES string of the molecule is OC1=CC=C(F)CC1F. The molecule has 1 N–H and O–H groups in total. The molecule has 1 atom stereocenters. The Morgan fingerprint density at radius 1 is 1.56 bits per heavy atom. The minimum absolute atomic E-state index is 0.331. The highest BCUT2D eigenvalue weighted by atomic mass is 19.1. The summed E-state index contributed by atoms with van der Waals surface area (Å²) in [5.74, 6) is -0.920. The topological polar surface area (TPSA) is 20.2 Å². The second-order valence-electron chi connectivity index (χ2n) is 1.88. The zero-order chi connectivity index (χ0) is 6.85. The number of hydrogen-bond acceptors (Lipinski definition) is 1. The van der Waals surface area contributed by atoms with Crippen LogP contribution in [0.2, 0.25) is 0 Å². The Balaban J connectivity index is 2.74. The fourth-order valence-electron chi connectivity index (χ4n) is 0.624. The van der Waals surface area contributed by atoms with Crippen molar-refractivity contribution in [1.82, 2.24) is 0 Å². The van der Waals surface area contributed by atoms with E-state index in [1.165, 1.54) is 0 Å². The molecule has 0 aromatic heterocycles. The van der Waals surface area contributed by atoms with E-state index in [4.69, 9.17) is 5.11 Å². The zero-order valence-electron chi connectivity index (χ0n) is 4.64.